The Morgan fingerprint density at radius 1 is 1.32 bits per heavy atom. The maximum Gasteiger partial charge on any atom is 0.422 e. The lowest BCUT2D eigenvalue weighted by Gasteiger charge is -2.30. The summed E-state index contributed by atoms with van der Waals surface area (Å²) < 4.78 is 39.7. The quantitative estimate of drug-likeness (QED) is 0.842. The summed E-state index contributed by atoms with van der Waals surface area (Å²) in [5.41, 5.74) is 0. The van der Waals surface area contributed by atoms with Crippen LogP contribution in [0.2, 0.25) is 0 Å². The molecule has 1 aliphatic heterocycles. The van der Waals surface area contributed by atoms with Crippen LogP contribution in [0.1, 0.15) is 26.7 Å². The van der Waals surface area contributed by atoms with Crippen molar-refractivity contribution in [2.24, 2.45) is 5.92 Å². The van der Waals surface area contributed by atoms with Crippen molar-refractivity contribution in [2.75, 3.05) is 26.2 Å². The largest absolute Gasteiger partial charge is 0.440 e. The Hall–Kier alpha value is -0.980. The van der Waals surface area contributed by atoms with Gasteiger partial charge >= 0.3 is 12.3 Å². The second-order valence-corrected chi connectivity index (χ2v) is 5.13. The van der Waals surface area contributed by atoms with Gasteiger partial charge in [-0.1, -0.05) is 13.8 Å². The molecule has 1 unspecified atom stereocenters. The fraction of sp³-hybridized carbons (Fsp3) is 0.917. The van der Waals surface area contributed by atoms with Crippen molar-refractivity contribution in [1.82, 2.24) is 10.2 Å². The number of ether oxygens (including phenoxy) is 1. The summed E-state index contributed by atoms with van der Waals surface area (Å²) in [7, 11) is 0. The topological polar surface area (TPSA) is 41.6 Å². The van der Waals surface area contributed by atoms with E-state index in [1.165, 1.54) is 0 Å². The van der Waals surface area contributed by atoms with Gasteiger partial charge in [-0.05, 0) is 31.8 Å². The van der Waals surface area contributed by atoms with Gasteiger partial charge in [0.05, 0.1) is 0 Å². The molecule has 1 heterocycles. The normalized spacial score (nSPS) is 18.6. The first kappa shape index (κ1) is 16.1. The average Bonchev–Trinajstić information content (AvgIpc) is 2.78. The van der Waals surface area contributed by atoms with E-state index in [-0.39, 0.29) is 6.04 Å². The molecule has 0 radical (unpaired) electrons. The van der Waals surface area contributed by atoms with Crippen molar-refractivity contribution in [3.05, 3.63) is 0 Å². The molecule has 19 heavy (non-hydrogen) atoms. The molecule has 0 bridgehead atoms. The Labute approximate surface area is 111 Å². The number of nitrogens with one attached hydrogen (secondary N) is 1. The van der Waals surface area contributed by atoms with Crippen molar-refractivity contribution < 1.29 is 22.7 Å². The summed E-state index contributed by atoms with van der Waals surface area (Å²) in [6.07, 6.45) is -3.24. The van der Waals surface area contributed by atoms with Crippen molar-refractivity contribution >= 4 is 6.09 Å². The fourth-order valence-corrected chi connectivity index (χ4v) is 2.25. The van der Waals surface area contributed by atoms with Crippen LogP contribution in [0.5, 0.6) is 0 Å². The number of hydrogen-bond donors (Lipinski definition) is 1. The molecule has 112 valence electrons. The number of likely N-dealkylation sites (tertiary alicyclic amines) is 1. The molecule has 1 rings (SSSR count). The van der Waals surface area contributed by atoms with Gasteiger partial charge < -0.3 is 10.1 Å². The summed E-state index contributed by atoms with van der Waals surface area (Å²) in [5, 5.41) is 2.41. The minimum Gasteiger partial charge on any atom is -0.440 e. The van der Waals surface area contributed by atoms with Crippen molar-refractivity contribution in [3.63, 3.8) is 0 Å². The zero-order chi connectivity index (χ0) is 14.5. The molecule has 0 saturated carbocycles. The van der Waals surface area contributed by atoms with Gasteiger partial charge in [-0.25, -0.2) is 4.79 Å². The van der Waals surface area contributed by atoms with Crippen LogP contribution < -0.4 is 5.32 Å². The Morgan fingerprint density at radius 3 is 2.37 bits per heavy atom. The standard InChI is InChI=1S/C12H21F3N2O2/c1-9(2)10(17-5-3-4-6-17)7-16-11(18)19-8-12(13,14)15/h9-10H,3-8H2,1-2H3,(H,16,18). The maximum absolute atomic E-state index is 11.9. The highest BCUT2D eigenvalue weighted by molar-refractivity contribution is 5.67. The molecular formula is C12H21F3N2O2. The zero-order valence-corrected chi connectivity index (χ0v) is 11.3. The molecule has 0 aromatic heterocycles. The minimum absolute atomic E-state index is 0.140. The summed E-state index contributed by atoms with van der Waals surface area (Å²) in [5.74, 6) is 0.320. The molecule has 1 aliphatic rings. The van der Waals surface area contributed by atoms with Crippen LogP contribution in [0, 0.1) is 5.92 Å². The lowest BCUT2D eigenvalue weighted by atomic mass is 10.0. The second-order valence-electron chi connectivity index (χ2n) is 5.13. The molecule has 0 aliphatic carbocycles. The van der Waals surface area contributed by atoms with Gasteiger partial charge in [0.1, 0.15) is 0 Å². The monoisotopic (exact) mass is 282 g/mol. The molecule has 1 atom stereocenters. The lowest BCUT2D eigenvalue weighted by molar-refractivity contribution is -0.160. The summed E-state index contributed by atoms with van der Waals surface area (Å²) >= 11 is 0. The highest BCUT2D eigenvalue weighted by atomic mass is 19.4. The van der Waals surface area contributed by atoms with Gasteiger partial charge in [-0.15, -0.1) is 0 Å². The minimum atomic E-state index is -4.48. The van der Waals surface area contributed by atoms with E-state index in [0.717, 1.165) is 25.9 Å². The first-order valence-electron chi connectivity index (χ1n) is 6.51. The van der Waals surface area contributed by atoms with E-state index in [1.807, 2.05) is 13.8 Å². The third-order valence-corrected chi connectivity index (χ3v) is 3.20. The molecule has 1 saturated heterocycles. The van der Waals surface area contributed by atoms with Gasteiger partial charge in [0, 0.05) is 12.6 Å². The number of alkyl halides is 3. The van der Waals surface area contributed by atoms with Crippen LogP contribution in [0.4, 0.5) is 18.0 Å². The Morgan fingerprint density at radius 2 is 1.89 bits per heavy atom. The Balaban J connectivity index is 2.33. The molecule has 1 amide bonds. The lowest BCUT2D eigenvalue weighted by Crippen LogP contribution is -2.46. The number of alkyl carbamates (subject to hydrolysis) is 1. The maximum atomic E-state index is 11.9. The summed E-state index contributed by atoms with van der Waals surface area (Å²) in [4.78, 5) is 13.4. The van der Waals surface area contributed by atoms with Crippen LogP contribution in [-0.4, -0.2) is 49.5 Å². The number of rotatable bonds is 5. The highest BCUT2D eigenvalue weighted by Crippen LogP contribution is 2.17. The first-order chi connectivity index (χ1) is 8.79. The van der Waals surface area contributed by atoms with E-state index in [0.29, 0.717) is 12.5 Å². The third kappa shape index (κ3) is 6.13. The molecule has 1 fully saturated rings. The molecule has 7 heteroatoms. The SMILES string of the molecule is CC(C)C(CNC(=O)OCC(F)(F)F)N1CCCC1. The molecule has 4 nitrogen and oxygen atoms in total. The van der Waals surface area contributed by atoms with Crippen molar-refractivity contribution in [1.29, 1.82) is 0 Å². The first-order valence-corrected chi connectivity index (χ1v) is 6.51. The zero-order valence-electron chi connectivity index (χ0n) is 11.3. The van der Waals surface area contributed by atoms with E-state index >= 15 is 0 Å². The van der Waals surface area contributed by atoms with E-state index < -0.39 is 18.9 Å². The smallest absolute Gasteiger partial charge is 0.422 e. The van der Waals surface area contributed by atoms with Gasteiger partial charge in [-0.2, -0.15) is 13.2 Å². The van der Waals surface area contributed by atoms with Crippen molar-refractivity contribution in [2.45, 2.75) is 38.9 Å². The molecule has 0 spiro atoms. The number of carbonyl (C=O) groups is 1. The molecule has 0 aromatic rings. The average molecular weight is 282 g/mol. The number of nitrogens with zero attached hydrogens (tertiary/aromatic N) is 1. The van der Waals surface area contributed by atoms with Gasteiger partial charge in [0.2, 0.25) is 0 Å². The van der Waals surface area contributed by atoms with Crippen LogP contribution in [0.15, 0.2) is 0 Å². The molecule has 0 aromatic carbocycles. The highest BCUT2D eigenvalue weighted by Gasteiger charge is 2.30. The summed E-state index contributed by atoms with van der Waals surface area (Å²) in [6, 6.07) is 0.140. The number of hydrogen-bond acceptors (Lipinski definition) is 3. The second kappa shape index (κ2) is 6.98. The number of carbonyl (C=O) groups excluding carboxylic acids is 1. The van der Waals surface area contributed by atoms with E-state index in [9.17, 15) is 18.0 Å². The third-order valence-electron chi connectivity index (χ3n) is 3.20. The molecular weight excluding hydrogens is 261 g/mol. The summed E-state index contributed by atoms with van der Waals surface area (Å²) in [6.45, 7) is 4.78. The van der Waals surface area contributed by atoms with Crippen molar-refractivity contribution in [3.8, 4) is 0 Å². The molecule has 1 N–H and O–H groups in total. The number of amides is 1. The van der Waals surface area contributed by atoms with Crippen LogP contribution in [0.25, 0.3) is 0 Å². The van der Waals surface area contributed by atoms with E-state index in [1.54, 1.807) is 0 Å². The van der Waals surface area contributed by atoms with Gasteiger partial charge in [-0.3, -0.25) is 4.90 Å². The number of halogens is 3. The predicted octanol–water partition coefficient (Wildman–Crippen LogP) is 2.40. The van der Waals surface area contributed by atoms with Gasteiger partial charge in [0.15, 0.2) is 6.61 Å². The Kier molecular flexibility index (Phi) is 5.90. The van der Waals surface area contributed by atoms with Gasteiger partial charge in [0.25, 0.3) is 0 Å². The van der Waals surface area contributed by atoms with E-state index in [2.05, 4.69) is 15.0 Å². The predicted molar refractivity (Wildman–Crippen MR) is 64.8 cm³/mol. The van der Waals surface area contributed by atoms with Crippen LogP contribution in [0.3, 0.4) is 0 Å². The van der Waals surface area contributed by atoms with E-state index in [4.69, 9.17) is 0 Å². The van der Waals surface area contributed by atoms with Crippen LogP contribution in [-0.2, 0) is 4.74 Å². The van der Waals surface area contributed by atoms with Crippen LogP contribution >= 0.6 is 0 Å². The fourth-order valence-electron chi connectivity index (χ4n) is 2.25. The Bertz CT molecular complexity index is 289.